The zero-order valence-corrected chi connectivity index (χ0v) is 11.3. The number of nitrogens with one attached hydrogen (secondary N) is 1. The summed E-state index contributed by atoms with van der Waals surface area (Å²) >= 11 is 0. The number of carbonyl (C=O) groups excluding carboxylic acids is 1. The minimum atomic E-state index is -0.0531. The van der Waals surface area contributed by atoms with Gasteiger partial charge in [0.15, 0.2) is 0 Å². The highest BCUT2D eigenvalue weighted by atomic mass is 16.3. The molecule has 0 bridgehead atoms. The summed E-state index contributed by atoms with van der Waals surface area (Å²) in [5.41, 5.74) is 0. The smallest absolute Gasteiger partial charge is 0.240 e. The van der Waals surface area contributed by atoms with Crippen LogP contribution in [0.4, 0.5) is 0 Å². The lowest BCUT2D eigenvalue weighted by molar-refractivity contribution is -0.136. The van der Waals surface area contributed by atoms with E-state index in [2.05, 4.69) is 12.2 Å². The molecule has 0 aromatic heterocycles. The lowest BCUT2D eigenvalue weighted by Crippen LogP contribution is -2.52. The van der Waals surface area contributed by atoms with Crippen LogP contribution in [0.5, 0.6) is 0 Å². The van der Waals surface area contributed by atoms with Crippen molar-refractivity contribution in [1.29, 1.82) is 0 Å². The predicted molar refractivity (Wildman–Crippen MR) is 68.7 cm³/mol. The lowest BCUT2D eigenvalue weighted by atomic mass is 9.89. The van der Waals surface area contributed by atoms with E-state index < -0.39 is 0 Å². The zero-order chi connectivity index (χ0) is 12.8. The number of hydrogen-bond donors (Lipinski definition) is 2. The number of aliphatic hydroxyl groups is 1. The Kier molecular flexibility index (Phi) is 5.92. The van der Waals surface area contributed by atoms with Crippen molar-refractivity contribution >= 4 is 5.91 Å². The topological polar surface area (TPSA) is 52.6 Å². The van der Waals surface area contributed by atoms with Crippen LogP contribution < -0.4 is 5.32 Å². The monoisotopic (exact) mass is 242 g/mol. The first-order chi connectivity index (χ1) is 8.10. The molecule has 0 aromatic rings. The van der Waals surface area contributed by atoms with Crippen LogP contribution in [0.15, 0.2) is 0 Å². The summed E-state index contributed by atoms with van der Waals surface area (Å²) in [5, 5.41) is 12.3. The molecular formula is C13H26N2O2. The van der Waals surface area contributed by atoms with Gasteiger partial charge >= 0.3 is 0 Å². The van der Waals surface area contributed by atoms with Crippen molar-refractivity contribution in [2.45, 2.75) is 52.1 Å². The van der Waals surface area contributed by atoms with E-state index >= 15 is 0 Å². The highest BCUT2D eigenvalue weighted by molar-refractivity contribution is 5.82. The second-order valence-electron chi connectivity index (χ2n) is 5.15. The highest BCUT2D eigenvalue weighted by Crippen LogP contribution is 2.20. The number of piperidine rings is 1. The summed E-state index contributed by atoms with van der Waals surface area (Å²) < 4.78 is 0. The Morgan fingerprint density at radius 2 is 2.24 bits per heavy atom. The summed E-state index contributed by atoms with van der Waals surface area (Å²) in [6, 6.07) is 0.0982. The van der Waals surface area contributed by atoms with Gasteiger partial charge in [-0.3, -0.25) is 4.79 Å². The van der Waals surface area contributed by atoms with E-state index in [0.29, 0.717) is 12.5 Å². The number of nitrogens with zero attached hydrogens (tertiary/aromatic N) is 1. The molecule has 4 heteroatoms. The molecule has 0 aliphatic carbocycles. The van der Waals surface area contributed by atoms with E-state index in [9.17, 15) is 4.79 Å². The van der Waals surface area contributed by atoms with Gasteiger partial charge in [-0.05, 0) is 39.2 Å². The van der Waals surface area contributed by atoms with Crippen molar-refractivity contribution in [2.75, 3.05) is 19.7 Å². The molecule has 1 fully saturated rings. The van der Waals surface area contributed by atoms with Crippen LogP contribution in [0.1, 0.15) is 40.0 Å². The van der Waals surface area contributed by atoms with Gasteiger partial charge in [0.1, 0.15) is 0 Å². The number of hydrogen-bond acceptors (Lipinski definition) is 3. The maximum atomic E-state index is 12.3. The molecule has 0 spiro atoms. The van der Waals surface area contributed by atoms with Crippen molar-refractivity contribution in [1.82, 2.24) is 10.2 Å². The SMILES string of the molecule is CCC1CCNC(C(=O)N(CCO)C(C)C)C1. The van der Waals surface area contributed by atoms with E-state index in [4.69, 9.17) is 5.11 Å². The number of aliphatic hydroxyl groups excluding tert-OH is 1. The second-order valence-corrected chi connectivity index (χ2v) is 5.15. The summed E-state index contributed by atoms with van der Waals surface area (Å²) in [5.74, 6) is 0.806. The van der Waals surface area contributed by atoms with E-state index in [-0.39, 0.29) is 24.6 Å². The van der Waals surface area contributed by atoms with E-state index in [1.54, 1.807) is 4.90 Å². The molecule has 0 saturated carbocycles. The van der Waals surface area contributed by atoms with Gasteiger partial charge in [0.05, 0.1) is 12.6 Å². The highest BCUT2D eigenvalue weighted by Gasteiger charge is 2.30. The fourth-order valence-corrected chi connectivity index (χ4v) is 2.49. The Morgan fingerprint density at radius 1 is 1.53 bits per heavy atom. The van der Waals surface area contributed by atoms with Gasteiger partial charge in [-0.1, -0.05) is 13.3 Å². The maximum Gasteiger partial charge on any atom is 0.240 e. The minimum Gasteiger partial charge on any atom is -0.395 e. The molecule has 1 aliphatic heterocycles. The Labute approximate surface area is 104 Å². The van der Waals surface area contributed by atoms with Crippen molar-refractivity contribution in [3.05, 3.63) is 0 Å². The molecule has 1 amide bonds. The fraction of sp³-hybridized carbons (Fsp3) is 0.923. The third-order valence-corrected chi connectivity index (χ3v) is 3.64. The maximum absolute atomic E-state index is 12.3. The largest absolute Gasteiger partial charge is 0.395 e. The van der Waals surface area contributed by atoms with Gasteiger partial charge in [-0.25, -0.2) is 0 Å². The molecule has 1 saturated heterocycles. The van der Waals surface area contributed by atoms with Crippen LogP contribution in [0.3, 0.4) is 0 Å². The predicted octanol–water partition coefficient (Wildman–Crippen LogP) is 0.994. The van der Waals surface area contributed by atoms with Crippen LogP contribution in [0.2, 0.25) is 0 Å². The Balaban J connectivity index is 2.59. The summed E-state index contributed by atoms with van der Waals surface area (Å²) in [6.45, 7) is 7.58. The van der Waals surface area contributed by atoms with Crippen LogP contribution in [0, 0.1) is 5.92 Å². The fourth-order valence-electron chi connectivity index (χ4n) is 2.49. The van der Waals surface area contributed by atoms with Gasteiger partial charge in [0.25, 0.3) is 0 Å². The second kappa shape index (κ2) is 6.97. The Hall–Kier alpha value is -0.610. The van der Waals surface area contributed by atoms with Crippen LogP contribution >= 0.6 is 0 Å². The molecule has 1 heterocycles. The third kappa shape index (κ3) is 3.96. The number of amides is 1. The van der Waals surface area contributed by atoms with Gasteiger partial charge in [0.2, 0.25) is 5.91 Å². The molecule has 2 unspecified atom stereocenters. The van der Waals surface area contributed by atoms with Crippen molar-refractivity contribution in [3.8, 4) is 0 Å². The quantitative estimate of drug-likeness (QED) is 0.756. The van der Waals surface area contributed by atoms with Gasteiger partial charge < -0.3 is 15.3 Å². The number of rotatable bonds is 5. The first-order valence-corrected chi connectivity index (χ1v) is 6.74. The first-order valence-electron chi connectivity index (χ1n) is 6.74. The van der Waals surface area contributed by atoms with E-state index in [1.807, 2.05) is 13.8 Å². The zero-order valence-electron chi connectivity index (χ0n) is 11.3. The lowest BCUT2D eigenvalue weighted by Gasteiger charge is -2.34. The van der Waals surface area contributed by atoms with Crippen LogP contribution in [-0.2, 0) is 4.79 Å². The third-order valence-electron chi connectivity index (χ3n) is 3.64. The first kappa shape index (κ1) is 14.5. The molecule has 1 rings (SSSR count). The van der Waals surface area contributed by atoms with Gasteiger partial charge in [0, 0.05) is 12.6 Å². The van der Waals surface area contributed by atoms with Gasteiger partial charge in [-0.2, -0.15) is 0 Å². The van der Waals surface area contributed by atoms with E-state index in [1.165, 1.54) is 6.42 Å². The molecule has 100 valence electrons. The Bertz CT molecular complexity index is 244. The summed E-state index contributed by atoms with van der Waals surface area (Å²) in [4.78, 5) is 14.1. The van der Waals surface area contributed by atoms with Crippen LogP contribution in [-0.4, -0.2) is 47.7 Å². The molecule has 0 radical (unpaired) electrons. The average Bonchev–Trinajstić information content (AvgIpc) is 2.34. The molecule has 0 aromatic carbocycles. The Morgan fingerprint density at radius 3 is 2.76 bits per heavy atom. The van der Waals surface area contributed by atoms with Gasteiger partial charge in [-0.15, -0.1) is 0 Å². The molecule has 2 N–H and O–H groups in total. The average molecular weight is 242 g/mol. The summed E-state index contributed by atoms with van der Waals surface area (Å²) in [6.07, 6.45) is 3.25. The van der Waals surface area contributed by atoms with Crippen molar-refractivity contribution in [3.63, 3.8) is 0 Å². The summed E-state index contributed by atoms with van der Waals surface area (Å²) in [7, 11) is 0. The molecule has 1 aliphatic rings. The standard InChI is InChI=1S/C13H26N2O2/c1-4-11-5-6-14-12(9-11)13(17)15(7-8-16)10(2)3/h10-12,14,16H,4-9H2,1-3H3. The molecule has 2 atom stereocenters. The normalized spacial score (nSPS) is 25.0. The van der Waals surface area contributed by atoms with Crippen molar-refractivity contribution < 1.29 is 9.90 Å². The molecule has 17 heavy (non-hydrogen) atoms. The molecular weight excluding hydrogens is 216 g/mol. The van der Waals surface area contributed by atoms with Crippen molar-refractivity contribution in [2.24, 2.45) is 5.92 Å². The van der Waals surface area contributed by atoms with Crippen LogP contribution in [0.25, 0.3) is 0 Å². The molecule has 4 nitrogen and oxygen atoms in total. The minimum absolute atomic E-state index is 0.0356. The van der Waals surface area contributed by atoms with E-state index in [0.717, 1.165) is 19.4 Å². The number of carbonyl (C=O) groups is 1.